The molecule has 212 valence electrons. The predicted molar refractivity (Wildman–Crippen MR) is 140 cm³/mol. The molecule has 1 aliphatic carbocycles. The largest absolute Gasteiger partial charge is 0.480 e. The Balaban J connectivity index is 1.38. The Morgan fingerprint density at radius 2 is 1.82 bits per heavy atom. The van der Waals surface area contributed by atoms with Crippen LogP contribution in [-0.4, -0.2) is 59.1 Å². The molecule has 0 spiro atoms. The fourth-order valence-electron chi connectivity index (χ4n) is 5.90. The number of nitrogens with one attached hydrogen (secondary N) is 1. The van der Waals surface area contributed by atoms with Crippen molar-refractivity contribution < 1.29 is 41.9 Å². The van der Waals surface area contributed by atoms with Gasteiger partial charge in [-0.3, -0.25) is 14.2 Å². The Bertz CT molecular complexity index is 1340. The molecule has 2 N–H and O–H groups in total. The predicted octanol–water partition coefficient (Wildman–Crippen LogP) is 5.19. The summed E-state index contributed by atoms with van der Waals surface area (Å²) in [5.74, 6) is -1.22. The maximum Gasteiger partial charge on any atom is 0.404 e. The second-order valence-corrected chi connectivity index (χ2v) is 13.5. The van der Waals surface area contributed by atoms with Crippen LogP contribution in [0.2, 0.25) is 0 Å². The van der Waals surface area contributed by atoms with Crippen molar-refractivity contribution in [3.8, 4) is 0 Å². The molecule has 5 rings (SSSR count). The first kappa shape index (κ1) is 28.1. The number of hydrogen-bond acceptors (Lipinski definition) is 7. The van der Waals surface area contributed by atoms with E-state index in [4.69, 9.17) is 9.05 Å². The standard InChI is InChI=1S/C26H31F2N2O7PS/c1-3-36-38(35,37-4-2)26(27,28)17-5-8-21-16(10-17)13-22(39-21)23(31)29-19-12-15-9-14(15)11-18-6-7-20(25(33)34)30(18)24(19)32/h5,8,10,13-15,18-20H,3-4,6-7,9,11-12H2,1-2H3,(H,29,31)(H,33,34)/t14-,15+,18+,19-,20-/m0/s1. The van der Waals surface area contributed by atoms with Gasteiger partial charge in [0.15, 0.2) is 0 Å². The topological polar surface area (TPSA) is 122 Å². The number of carbonyl (C=O) groups excluding carboxylic acids is 2. The van der Waals surface area contributed by atoms with E-state index in [-0.39, 0.29) is 30.0 Å². The van der Waals surface area contributed by atoms with Crippen LogP contribution < -0.4 is 5.32 Å². The van der Waals surface area contributed by atoms with E-state index in [1.54, 1.807) is 0 Å². The first-order chi connectivity index (χ1) is 18.5. The van der Waals surface area contributed by atoms with Crippen molar-refractivity contribution >= 4 is 46.8 Å². The van der Waals surface area contributed by atoms with E-state index in [9.17, 15) is 24.1 Å². The number of thiophene rings is 1. The number of nitrogens with zero attached hydrogens (tertiary/aromatic N) is 1. The van der Waals surface area contributed by atoms with Crippen molar-refractivity contribution in [2.24, 2.45) is 11.8 Å². The van der Waals surface area contributed by atoms with Gasteiger partial charge in [-0.2, -0.15) is 8.78 Å². The molecular formula is C26H31F2N2O7PS. The molecule has 1 saturated carbocycles. The number of amides is 2. The van der Waals surface area contributed by atoms with Gasteiger partial charge in [-0.05, 0) is 81.4 Å². The van der Waals surface area contributed by atoms with Crippen LogP contribution in [0.5, 0.6) is 0 Å². The van der Waals surface area contributed by atoms with Gasteiger partial charge >= 0.3 is 19.2 Å². The van der Waals surface area contributed by atoms with Gasteiger partial charge in [-0.25, -0.2) is 4.79 Å². The summed E-state index contributed by atoms with van der Waals surface area (Å²) in [4.78, 5) is 40.2. The number of aliphatic carboxylic acids is 1. The minimum Gasteiger partial charge on any atom is -0.480 e. The fourth-order valence-corrected chi connectivity index (χ4v) is 8.38. The van der Waals surface area contributed by atoms with E-state index in [0.29, 0.717) is 41.2 Å². The van der Waals surface area contributed by atoms with Crippen LogP contribution in [0.15, 0.2) is 24.3 Å². The number of benzene rings is 1. The van der Waals surface area contributed by atoms with Gasteiger partial charge in [0.2, 0.25) is 5.91 Å². The van der Waals surface area contributed by atoms with Crippen LogP contribution in [0.4, 0.5) is 8.78 Å². The maximum absolute atomic E-state index is 15.3. The molecule has 2 aromatic rings. The molecule has 3 aliphatic rings. The van der Waals surface area contributed by atoms with E-state index in [1.165, 1.54) is 30.9 Å². The Morgan fingerprint density at radius 1 is 1.13 bits per heavy atom. The molecule has 3 fully saturated rings. The second-order valence-electron chi connectivity index (χ2n) is 10.3. The van der Waals surface area contributed by atoms with Crippen molar-refractivity contribution in [3.05, 3.63) is 34.7 Å². The Morgan fingerprint density at radius 3 is 2.49 bits per heavy atom. The van der Waals surface area contributed by atoms with Crippen LogP contribution in [0, 0.1) is 11.8 Å². The number of fused-ring (bicyclic) bond motifs is 3. The first-order valence-corrected chi connectivity index (χ1v) is 15.5. The summed E-state index contributed by atoms with van der Waals surface area (Å²) in [5, 5.41) is 12.8. The number of halogens is 2. The van der Waals surface area contributed by atoms with Crippen molar-refractivity contribution in [1.29, 1.82) is 0 Å². The molecule has 1 aromatic carbocycles. The highest BCUT2D eigenvalue weighted by Crippen LogP contribution is 2.67. The molecule has 9 nitrogen and oxygen atoms in total. The summed E-state index contributed by atoms with van der Waals surface area (Å²) in [5.41, 5.74) is -4.46. The molecular weight excluding hydrogens is 553 g/mol. The van der Waals surface area contributed by atoms with Gasteiger partial charge in [-0.1, -0.05) is 6.07 Å². The van der Waals surface area contributed by atoms with Crippen LogP contribution >= 0.6 is 18.9 Å². The molecule has 2 aliphatic heterocycles. The van der Waals surface area contributed by atoms with E-state index in [2.05, 4.69) is 5.32 Å². The molecule has 0 radical (unpaired) electrons. The van der Waals surface area contributed by atoms with Crippen LogP contribution in [0.25, 0.3) is 10.1 Å². The lowest BCUT2D eigenvalue weighted by atomic mass is 9.99. The van der Waals surface area contributed by atoms with Crippen LogP contribution in [0.3, 0.4) is 0 Å². The zero-order chi connectivity index (χ0) is 28.1. The number of carbonyl (C=O) groups is 3. The van der Waals surface area contributed by atoms with Crippen molar-refractivity contribution in [2.45, 2.75) is 69.7 Å². The van der Waals surface area contributed by atoms with Gasteiger partial charge in [0, 0.05) is 16.3 Å². The van der Waals surface area contributed by atoms with Gasteiger partial charge in [0.05, 0.1) is 18.1 Å². The van der Waals surface area contributed by atoms with Crippen LogP contribution in [0.1, 0.15) is 61.2 Å². The molecule has 13 heteroatoms. The summed E-state index contributed by atoms with van der Waals surface area (Å²) in [6.45, 7) is 2.46. The summed E-state index contributed by atoms with van der Waals surface area (Å²) >= 11 is 1.08. The highest BCUT2D eigenvalue weighted by atomic mass is 32.1. The van der Waals surface area contributed by atoms with E-state index >= 15 is 8.78 Å². The molecule has 1 aromatic heterocycles. The highest BCUT2D eigenvalue weighted by Gasteiger charge is 2.55. The minimum absolute atomic E-state index is 0.137. The Hall–Kier alpha value is -2.40. The normalized spacial score (nSPS) is 27.0. The van der Waals surface area contributed by atoms with Gasteiger partial charge in [0.25, 0.3) is 5.91 Å². The zero-order valence-corrected chi connectivity index (χ0v) is 23.3. The fraction of sp³-hybridized carbons (Fsp3) is 0.577. The van der Waals surface area contributed by atoms with E-state index in [1.807, 2.05) is 0 Å². The van der Waals surface area contributed by atoms with Crippen molar-refractivity contribution in [1.82, 2.24) is 10.2 Å². The molecule has 2 saturated heterocycles. The lowest BCUT2D eigenvalue weighted by molar-refractivity contribution is -0.151. The second kappa shape index (κ2) is 10.5. The Labute approximate surface area is 228 Å². The monoisotopic (exact) mass is 584 g/mol. The average molecular weight is 585 g/mol. The third-order valence-corrected chi connectivity index (χ3v) is 11.1. The SMILES string of the molecule is CCOP(=O)(OCC)C(F)(F)c1ccc2sc(C(=O)N[C@H]3C[C@H]4C[C@H]4C[C@H]4CC[C@@H](C(=O)O)N4C3=O)cc2c1. The van der Waals surface area contributed by atoms with Gasteiger partial charge < -0.3 is 24.4 Å². The molecule has 0 bridgehead atoms. The number of alkyl halides is 2. The van der Waals surface area contributed by atoms with Crippen molar-refractivity contribution in [3.63, 3.8) is 0 Å². The molecule has 39 heavy (non-hydrogen) atoms. The zero-order valence-electron chi connectivity index (χ0n) is 21.6. The van der Waals surface area contributed by atoms with E-state index < -0.39 is 42.8 Å². The summed E-state index contributed by atoms with van der Waals surface area (Å²) in [6, 6.07) is 3.28. The smallest absolute Gasteiger partial charge is 0.404 e. The first-order valence-electron chi connectivity index (χ1n) is 13.2. The molecule has 2 amide bonds. The molecule has 0 unspecified atom stereocenters. The number of hydrogen-bond donors (Lipinski definition) is 2. The number of carboxylic acids is 1. The number of carboxylic acid groups (broad SMARTS) is 1. The third kappa shape index (κ3) is 5.12. The highest BCUT2D eigenvalue weighted by molar-refractivity contribution is 7.54. The number of rotatable bonds is 9. The Kier molecular flexibility index (Phi) is 7.60. The molecule has 3 heterocycles. The lowest BCUT2D eigenvalue weighted by Crippen LogP contribution is -2.55. The lowest BCUT2D eigenvalue weighted by Gasteiger charge is -2.34. The average Bonchev–Trinajstić information content (AvgIpc) is 3.26. The maximum atomic E-state index is 15.3. The van der Waals surface area contributed by atoms with Crippen molar-refractivity contribution in [2.75, 3.05) is 13.2 Å². The van der Waals surface area contributed by atoms with E-state index in [0.717, 1.165) is 36.3 Å². The third-order valence-electron chi connectivity index (χ3n) is 7.86. The summed E-state index contributed by atoms with van der Waals surface area (Å²) in [7, 11) is -4.79. The summed E-state index contributed by atoms with van der Waals surface area (Å²) in [6.07, 6.45) is 3.22. The van der Waals surface area contributed by atoms with Gasteiger partial charge in [0.1, 0.15) is 12.1 Å². The summed E-state index contributed by atoms with van der Waals surface area (Å²) < 4.78 is 53.7. The van der Waals surface area contributed by atoms with Crippen LogP contribution in [-0.2, 0) is 28.9 Å². The van der Waals surface area contributed by atoms with Gasteiger partial charge in [-0.15, -0.1) is 11.3 Å². The molecule has 5 atom stereocenters. The quantitative estimate of drug-likeness (QED) is 0.389. The minimum atomic E-state index is -4.79.